The third kappa shape index (κ3) is 29.4. The van der Waals surface area contributed by atoms with Gasteiger partial charge in [-0.25, -0.2) is 45.7 Å². The molecule has 1 saturated carbocycles. The van der Waals surface area contributed by atoms with Crippen molar-refractivity contribution in [1.82, 2.24) is 23.9 Å². The molecular formula is C80H95ClF6K2N6O14S2. The van der Waals surface area contributed by atoms with E-state index < -0.39 is 66.3 Å². The second-order valence-corrected chi connectivity index (χ2v) is 31.4. The maximum absolute atomic E-state index is 14.0. The summed E-state index contributed by atoms with van der Waals surface area (Å²) in [5, 5.41) is 29.8. The van der Waals surface area contributed by atoms with Crippen LogP contribution in [-0.4, -0.2) is 96.3 Å². The van der Waals surface area contributed by atoms with Crippen LogP contribution in [0.25, 0.3) is 33.9 Å². The Morgan fingerprint density at radius 2 is 0.955 bits per heavy atom. The monoisotopic (exact) mass is 1650 g/mol. The van der Waals surface area contributed by atoms with E-state index in [0.29, 0.717) is 59.8 Å². The molecule has 2 aromatic heterocycles. The number of imide groups is 1. The van der Waals surface area contributed by atoms with Crippen LogP contribution in [0.2, 0.25) is 0 Å². The molecule has 3 atom stereocenters. The topological polar surface area (TPSA) is 282 Å². The van der Waals surface area contributed by atoms with Gasteiger partial charge in [-0.2, -0.15) is 36.5 Å². The van der Waals surface area contributed by atoms with Crippen LogP contribution in [0, 0.1) is 57.3 Å². The summed E-state index contributed by atoms with van der Waals surface area (Å²) >= 11 is 5.07. The largest absolute Gasteiger partial charge is 1.00 e. The molecule has 3 N–H and O–H groups in total. The number of aryl methyl sites for hydroxylation is 4. The maximum Gasteiger partial charge on any atom is 1.00 e. The first-order valence-corrected chi connectivity index (χ1v) is 38.5. The molecule has 0 aliphatic heterocycles. The number of nitrogens with two attached hydrogens (primary N) is 1. The van der Waals surface area contributed by atoms with Crippen molar-refractivity contribution in [3.05, 3.63) is 214 Å². The molecule has 2 heterocycles. The number of ether oxygens (including phenoxy) is 3. The van der Waals surface area contributed by atoms with Gasteiger partial charge in [0.05, 0.1) is 45.8 Å². The number of carbonyl (C=O) groups excluding carboxylic acids is 4. The van der Waals surface area contributed by atoms with Crippen molar-refractivity contribution in [2.75, 3.05) is 26.4 Å². The predicted octanol–water partition coefficient (Wildman–Crippen LogP) is 12.4. The van der Waals surface area contributed by atoms with Crippen LogP contribution in [0.3, 0.4) is 0 Å². The number of benzene rings is 4. The van der Waals surface area contributed by atoms with Gasteiger partial charge < -0.3 is 30.9 Å². The van der Waals surface area contributed by atoms with Gasteiger partial charge >= 0.3 is 133 Å². The summed E-state index contributed by atoms with van der Waals surface area (Å²) in [6.07, 6.45) is 5.74. The zero-order chi connectivity index (χ0) is 80.9. The number of rotatable bonds is 19. The van der Waals surface area contributed by atoms with Crippen molar-refractivity contribution in [2.24, 2.45) is 34.7 Å². The molecule has 0 unspecified atom stereocenters. The van der Waals surface area contributed by atoms with Crippen LogP contribution >= 0.6 is 11.6 Å². The minimum atomic E-state index is -4.91. The number of nitrogens with zero attached hydrogens (tertiary/aromatic N) is 5. The zero-order valence-electron chi connectivity index (χ0n) is 65.3. The summed E-state index contributed by atoms with van der Waals surface area (Å²) in [6, 6.07) is 22.6. The van der Waals surface area contributed by atoms with Crippen LogP contribution < -0.4 is 113 Å². The van der Waals surface area contributed by atoms with Gasteiger partial charge in [-0.1, -0.05) is 107 Å². The number of carbonyl (C=O) groups is 4. The predicted molar refractivity (Wildman–Crippen MR) is 404 cm³/mol. The summed E-state index contributed by atoms with van der Waals surface area (Å²) in [5.41, 5.74) is 10.0. The third-order valence-electron chi connectivity index (χ3n) is 19.3. The molecule has 4 aliphatic carbocycles. The Balaban J connectivity index is 0.000000452. The molecule has 0 saturated heterocycles. The number of alkyl halides is 6. The van der Waals surface area contributed by atoms with Crippen LogP contribution in [0.4, 0.5) is 40.7 Å². The molecule has 6 aromatic rings. The third-order valence-corrected chi connectivity index (χ3v) is 22.0. The van der Waals surface area contributed by atoms with Gasteiger partial charge in [0.25, 0.3) is 16.5 Å². The number of allylic oxidation sites excluding steroid dienone is 7. The Morgan fingerprint density at radius 1 is 0.586 bits per heavy atom. The Bertz CT molecular complexity index is 4600. The van der Waals surface area contributed by atoms with Gasteiger partial charge in [0.15, 0.2) is 11.4 Å². The summed E-state index contributed by atoms with van der Waals surface area (Å²) < 4.78 is 150. The number of aliphatic hydroxyl groups is 1. The Kier molecular flexibility index (Phi) is 39.4. The molecule has 0 spiro atoms. The van der Waals surface area contributed by atoms with Gasteiger partial charge in [-0.05, 0) is 269 Å². The van der Waals surface area contributed by atoms with E-state index >= 15 is 0 Å². The first-order chi connectivity index (χ1) is 51.2. The van der Waals surface area contributed by atoms with E-state index in [2.05, 4.69) is 67.4 Å². The first kappa shape index (κ1) is 97.4. The molecule has 0 bridgehead atoms. The van der Waals surface area contributed by atoms with Crippen molar-refractivity contribution >= 4 is 55.7 Å². The Hall–Kier alpha value is -5.92. The molecule has 4 aromatic carbocycles. The minimum Gasteiger partial charge on any atom is -1.00 e. The van der Waals surface area contributed by atoms with Gasteiger partial charge in [-0.3, -0.25) is 4.79 Å². The second-order valence-electron chi connectivity index (χ2n) is 27.7. The van der Waals surface area contributed by atoms with E-state index in [1.54, 1.807) is 32.0 Å². The molecule has 10 rings (SSSR count). The molecule has 0 radical (unpaired) electrons. The van der Waals surface area contributed by atoms with Crippen molar-refractivity contribution in [3.63, 3.8) is 0 Å². The van der Waals surface area contributed by atoms with Crippen molar-refractivity contribution in [3.8, 4) is 33.9 Å². The van der Waals surface area contributed by atoms with Crippen LogP contribution in [0.1, 0.15) is 146 Å². The number of aromatic nitrogens is 4. The molecular weight excluding hydrogens is 1560 g/mol. The summed E-state index contributed by atoms with van der Waals surface area (Å²) in [4.78, 5) is 48.0. The summed E-state index contributed by atoms with van der Waals surface area (Å²) in [6.45, 7) is 31.3. The van der Waals surface area contributed by atoms with Crippen molar-refractivity contribution in [1.29, 1.82) is 0 Å². The van der Waals surface area contributed by atoms with Gasteiger partial charge in [0.2, 0.25) is 10.0 Å². The molecule has 1 fully saturated rings. The molecule has 2 amide bonds. The fourth-order valence-electron chi connectivity index (χ4n) is 12.6. The number of sulfonamides is 2. The molecule has 4 aliphatic rings. The number of halogens is 7. The smallest absolute Gasteiger partial charge is 1.00 e. The van der Waals surface area contributed by atoms with Crippen molar-refractivity contribution in [2.45, 2.75) is 161 Å². The zero-order valence-corrected chi connectivity index (χ0v) is 72.9. The van der Waals surface area contributed by atoms with E-state index in [0.717, 1.165) is 137 Å². The Labute approximate surface area is 737 Å². The van der Waals surface area contributed by atoms with Gasteiger partial charge in [-0.15, -0.1) is 0 Å². The summed E-state index contributed by atoms with van der Waals surface area (Å²) in [7, 11) is -8.81. The number of hydrogen-bond donors (Lipinski definition) is 2. The first-order valence-electron chi connectivity index (χ1n) is 35.1. The molecule has 111 heavy (non-hydrogen) atoms. The van der Waals surface area contributed by atoms with Gasteiger partial charge in [0.1, 0.15) is 13.2 Å². The second kappa shape index (κ2) is 44.8. The van der Waals surface area contributed by atoms with Gasteiger partial charge in [0, 0.05) is 22.7 Å². The quantitative estimate of drug-likeness (QED) is 0.0111. The SMILES string of the molecule is C=C(C)C1CCC(COC(=O)N(C(=O)OCC2=CC[C@@H](C(=C)C)CC2)S(=O)(=O)c2ccc(-n3nc(C(F)(F)F)cc3-c3cc(C)ccc3C)cc2)CC1.C=C(C)[C@@H]1CC=C(CO)CC1.C=C(C)[C@@H]1CC=C(COC(=O)Cl)CC1.Cc1ccc(C)c(-c2cc(C(F)(F)F)nn2-c2ccc(S(N)(=O)=O)cc2)c1.O=CO[O-].[H-].[K+].[K+]. The average Bonchev–Trinajstić information content (AvgIpc) is 1.61. The van der Waals surface area contributed by atoms with E-state index in [-0.39, 0.29) is 168 Å². The van der Waals surface area contributed by atoms with Crippen LogP contribution in [0.15, 0.2) is 190 Å². The van der Waals surface area contributed by atoms with Crippen molar-refractivity contribution < 1.29 is 196 Å². The minimum absolute atomic E-state index is 0. The normalized spacial score (nSPS) is 17.5. The van der Waals surface area contributed by atoms with E-state index in [9.17, 15) is 57.6 Å². The van der Waals surface area contributed by atoms with E-state index in [1.165, 1.54) is 59.5 Å². The molecule has 31 heteroatoms. The fourth-order valence-corrected chi connectivity index (χ4v) is 14.4. The molecule has 20 nitrogen and oxygen atoms in total. The number of primary sulfonamides is 1. The standard InChI is InChI=1S/C40H46F3N3O6S.C18H16F3N3O2S.C11H15ClO2.C10H16O.CH2O3.2K.H/c1-25(2)31-13-9-29(10-14-31)23-51-38(47)46(39(48)52-24-30-11-15-32(16-12-30)26(3)4)53(49,50)34-19-17-33(18-20-34)45-36(22-37(44-45)40(41,42)43)35-21-27(5)7-8-28(35)6;1-11-3-4-12(2)15(9-11)16-10-17(18(19,20)21)23-24(16)13-5-7-14(8-6-13)27(22,25)26;1-8(2)10-5-3-9(4-6-10)7-14-11(12)13;1-8(2)10-5-3-9(7-11)4-6-10;2-1-4-3;;;/h7-9,17-22,30-32H,1,3,10-16,23-24H2,2,4-6H3;3-10H,1-2H3,(H2,22,25,26);3,10H,1,4-7H2,2H3;3,10-11H,1,4-7H2,2H3;1,3H;;;/q;;;;;2*+1;-1/p-1/t30?,31-,32?;;2*10-;;;;/m1.11..../s1. The number of aliphatic hydroxyl groups excluding tert-OH is 1. The van der Waals surface area contributed by atoms with Crippen LogP contribution in [0.5, 0.6) is 0 Å². The maximum atomic E-state index is 14.0. The number of amides is 2. The van der Waals surface area contributed by atoms with E-state index in [4.69, 9.17) is 46.1 Å². The number of hydrogen-bond acceptors (Lipinski definition) is 16. The molecule has 592 valence electrons. The summed E-state index contributed by atoms with van der Waals surface area (Å²) in [5.74, 6) is 1.89. The van der Waals surface area contributed by atoms with E-state index in [1.807, 2.05) is 52.0 Å². The van der Waals surface area contributed by atoms with Crippen LogP contribution in [-0.2, 0) is 56.3 Å². The Morgan fingerprint density at radius 3 is 1.29 bits per heavy atom. The average molecular weight is 1660 g/mol. The fraction of sp³-hybridized carbons (Fsp3) is 0.400.